The van der Waals surface area contributed by atoms with Crippen LogP contribution in [0.5, 0.6) is 5.75 Å². The number of fused-ring (bicyclic) bond motifs is 1. The number of benzene rings is 1. The SMILES string of the molecule is COC(=O)C1=C(C(=O)c2cccs2)C(c2cccc(O)c2)n2nnnc2N1. The number of methoxy groups -OCH3 is 1. The maximum Gasteiger partial charge on any atom is 0.355 e. The standard InChI is InChI=1S/C17H13N5O4S/c1-26-16(25)13-12(15(24)11-6-3-7-27-11)14(9-4-2-5-10(23)8-9)22-17(18-13)19-20-21-22/h2-8,14,23H,1H3,(H,18,19,21). The third kappa shape index (κ3) is 2.85. The summed E-state index contributed by atoms with van der Waals surface area (Å²) >= 11 is 1.26. The zero-order valence-corrected chi connectivity index (χ0v) is 14.8. The molecule has 2 N–H and O–H groups in total. The van der Waals surface area contributed by atoms with Crippen LogP contribution in [0.15, 0.2) is 53.0 Å². The Kier molecular flexibility index (Phi) is 4.16. The van der Waals surface area contributed by atoms with Gasteiger partial charge >= 0.3 is 5.97 Å². The molecule has 136 valence electrons. The highest BCUT2D eigenvalue weighted by Gasteiger charge is 2.38. The molecule has 0 radical (unpaired) electrons. The molecule has 27 heavy (non-hydrogen) atoms. The molecule has 3 heterocycles. The highest BCUT2D eigenvalue weighted by Crippen LogP contribution is 2.37. The van der Waals surface area contributed by atoms with Crippen molar-refractivity contribution in [3.8, 4) is 5.75 Å². The Morgan fingerprint density at radius 1 is 1.30 bits per heavy atom. The van der Waals surface area contributed by atoms with Gasteiger partial charge in [-0.25, -0.2) is 4.79 Å². The van der Waals surface area contributed by atoms with Gasteiger partial charge in [-0.15, -0.1) is 11.3 Å². The van der Waals surface area contributed by atoms with Crippen molar-refractivity contribution in [1.29, 1.82) is 0 Å². The highest BCUT2D eigenvalue weighted by atomic mass is 32.1. The van der Waals surface area contributed by atoms with Crippen LogP contribution in [0.3, 0.4) is 0 Å². The zero-order chi connectivity index (χ0) is 19.0. The van der Waals surface area contributed by atoms with Crippen molar-refractivity contribution in [3.05, 3.63) is 63.5 Å². The quantitative estimate of drug-likeness (QED) is 0.517. The van der Waals surface area contributed by atoms with Crippen LogP contribution in [0.25, 0.3) is 0 Å². The lowest BCUT2D eigenvalue weighted by Crippen LogP contribution is -2.32. The summed E-state index contributed by atoms with van der Waals surface area (Å²) in [4.78, 5) is 26.1. The fraction of sp³-hybridized carbons (Fsp3) is 0.118. The molecule has 3 aromatic rings. The molecule has 0 spiro atoms. The second kappa shape index (κ2) is 6.65. The summed E-state index contributed by atoms with van der Waals surface area (Å²) in [7, 11) is 1.23. The van der Waals surface area contributed by atoms with Crippen molar-refractivity contribution in [1.82, 2.24) is 20.2 Å². The summed E-state index contributed by atoms with van der Waals surface area (Å²) < 4.78 is 6.24. The number of Topliss-reactive ketones (excluding diaryl/α,β-unsaturated/α-hetero) is 1. The first-order valence-corrected chi connectivity index (χ1v) is 8.72. The summed E-state index contributed by atoms with van der Waals surface area (Å²) in [6, 6.07) is 8.98. The normalized spacial score (nSPS) is 15.8. The van der Waals surface area contributed by atoms with E-state index in [-0.39, 0.29) is 28.8 Å². The van der Waals surface area contributed by atoms with E-state index in [4.69, 9.17) is 4.74 Å². The number of esters is 1. The molecule has 0 bridgehead atoms. The molecule has 1 aliphatic rings. The Morgan fingerprint density at radius 2 is 2.15 bits per heavy atom. The number of hydrogen-bond donors (Lipinski definition) is 2. The number of aromatic hydroxyl groups is 1. The van der Waals surface area contributed by atoms with Crippen LogP contribution >= 0.6 is 11.3 Å². The Balaban J connectivity index is 1.97. The van der Waals surface area contributed by atoms with Crippen LogP contribution in [0.4, 0.5) is 5.95 Å². The van der Waals surface area contributed by atoms with E-state index in [0.29, 0.717) is 10.4 Å². The first-order chi connectivity index (χ1) is 13.1. The number of allylic oxidation sites excluding steroid dienone is 1. The van der Waals surface area contributed by atoms with E-state index in [1.165, 1.54) is 35.3 Å². The number of thiophene rings is 1. The maximum atomic E-state index is 13.3. The van der Waals surface area contributed by atoms with Gasteiger partial charge < -0.3 is 15.2 Å². The van der Waals surface area contributed by atoms with Crippen molar-refractivity contribution < 1.29 is 19.4 Å². The molecule has 1 aliphatic heterocycles. The molecule has 0 amide bonds. The van der Waals surface area contributed by atoms with E-state index in [1.807, 2.05) is 0 Å². The number of carbonyl (C=O) groups is 2. The van der Waals surface area contributed by atoms with Gasteiger partial charge in [0.05, 0.1) is 17.6 Å². The number of phenolic OH excluding ortho intramolecular Hbond substituents is 1. The second-order valence-electron chi connectivity index (χ2n) is 5.66. The van der Waals surface area contributed by atoms with Crippen molar-refractivity contribution >= 4 is 29.0 Å². The minimum absolute atomic E-state index is 0.0168. The molecular formula is C17H13N5O4S. The number of phenols is 1. The average Bonchev–Trinajstić information content (AvgIpc) is 3.36. The fourth-order valence-electron chi connectivity index (χ4n) is 2.93. The van der Waals surface area contributed by atoms with E-state index in [9.17, 15) is 14.7 Å². The second-order valence-corrected chi connectivity index (χ2v) is 6.60. The number of anilines is 1. The molecule has 0 fully saturated rings. The van der Waals surface area contributed by atoms with Crippen molar-refractivity contribution in [3.63, 3.8) is 0 Å². The minimum Gasteiger partial charge on any atom is -0.508 e. The summed E-state index contributed by atoms with van der Waals surface area (Å²) in [5, 5.41) is 25.9. The summed E-state index contributed by atoms with van der Waals surface area (Å²) in [5.41, 5.74) is 0.646. The molecule has 1 atom stereocenters. The van der Waals surface area contributed by atoms with E-state index < -0.39 is 12.0 Å². The van der Waals surface area contributed by atoms with Gasteiger partial charge in [0.2, 0.25) is 11.7 Å². The van der Waals surface area contributed by atoms with Crippen LogP contribution < -0.4 is 5.32 Å². The number of nitrogens with one attached hydrogen (secondary N) is 1. The third-order valence-electron chi connectivity index (χ3n) is 4.08. The number of aromatic nitrogens is 4. The van der Waals surface area contributed by atoms with Crippen LogP contribution in [-0.4, -0.2) is 44.2 Å². The Hall–Kier alpha value is -3.53. The van der Waals surface area contributed by atoms with Gasteiger partial charge in [-0.2, -0.15) is 4.68 Å². The smallest absolute Gasteiger partial charge is 0.355 e. The highest BCUT2D eigenvalue weighted by molar-refractivity contribution is 7.12. The van der Waals surface area contributed by atoms with Crippen molar-refractivity contribution in [2.24, 2.45) is 0 Å². The molecule has 0 saturated carbocycles. The number of ether oxygens (including phenoxy) is 1. The Morgan fingerprint density at radius 3 is 2.85 bits per heavy atom. The lowest BCUT2D eigenvalue weighted by Gasteiger charge is -2.27. The van der Waals surface area contributed by atoms with Gasteiger partial charge in [0, 0.05) is 0 Å². The first kappa shape index (κ1) is 16.9. The monoisotopic (exact) mass is 383 g/mol. The number of nitrogens with zero attached hydrogens (tertiary/aromatic N) is 4. The van der Waals surface area contributed by atoms with Crippen molar-refractivity contribution in [2.45, 2.75) is 6.04 Å². The number of rotatable bonds is 4. The summed E-state index contributed by atoms with van der Waals surface area (Å²) in [5.74, 6) is -0.864. The van der Waals surface area contributed by atoms with E-state index in [0.717, 1.165) is 0 Å². The largest absolute Gasteiger partial charge is 0.508 e. The first-order valence-electron chi connectivity index (χ1n) is 7.84. The van der Waals surface area contributed by atoms with Crippen molar-refractivity contribution in [2.75, 3.05) is 12.4 Å². The number of carbonyl (C=O) groups excluding carboxylic acids is 2. The molecular weight excluding hydrogens is 370 g/mol. The molecule has 2 aromatic heterocycles. The molecule has 1 unspecified atom stereocenters. The molecule has 10 heteroatoms. The van der Waals surface area contributed by atoms with Gasteiger partial charge in [0.1, 0.15) is 17.5 Å². The van der Waals surface area contributed by atoms with Gasteiger partial charge in [-0.05, 0) is 39.6 Å². The van der Waals surface area contributed by atoms with E-state index in [2.05, 4.69) is 20.8 Å². The number of tetrazole rings is 1. The maximum absolute atomic E-state index is 13.3. The molecule has 0 saturated heterocycles. The van der Waals surface area contributed by atoms with Gasteiger partial charge in [-0.3, -0.25) is 4.79 Å². The van der Waals surface area contributed by atoms with Gasteiger partial charge in [0.25, 0.3) is 0 Å². The predicted octanol–water partition coefficient (Wildman–Crippen LogP) is 1.77. The van der Waals surface area contributed by atoms with Crippen LogP contribution in [0.2, 0.25) is 0 Å². The predicted molar refractivity (Wildman–Crippen MR) is 95.4 cm³/mol. The van der Waals surface area contributed by atoms with Gasteiger partial charge in [-0.1, -0.05) is 23.3 Å². The average molecular weight is 383 g/mol. The minimum atomic E-state index is -0.813. The third-order valence-corrected chi connectivity index (χ3v) is 4.95. The molecule has 0 aliphatic carbocycles. The fourth-order valence-corrected chi connectivity index (χ4v) is 3.61. The number of hydrogen-bond acceptors (Lipinski definition) is 9. The van der Waals surface area contributed by atoms with Crippen LogP contribution in [0, 0.1) is 0 Å². The lowest BCUT2D eigenvalue weighted by molar-refractivity contribution is -0.136. The number of ketones is 1. The van der Waals surface area contributed by atoms with Gasteiger partial charge in [0.15, 0.2) is 0 Å². The zero-order valence-electron chi connectivity index (χ0n) is 14.0. The van der Waals surface area contributed by atoms with Crippen LogP contribution in [-0.2, 0) is 9.53 Å². The topological polar surface area (TPSA) is 119 Å². The molecule has 4 rings (SSSR count). The van der Waals surface area contributed by atoms with E-state index >= 15 is 0 Å². The Bertz CT molecular complexity index is 1060. The summed E-state index contributed by atoms with van der Waals surface area (Å²) in [6.07, 6.45) is 0. The molecule has 1 aromatic carbocycles. The lowest BCUT2D eigenvalue weighted by atomic mass is 9.91. The summed E-state index contributed by atoms with van der Waals surface area (Å²) in [6.45, 7) is 0. The van der Waals surface area contributed by atoms with Crippen LogP contribution in [0.1, 0.15) is 21.3 Å². The molecule has 9 nitrogen and oxygen atoms in total. The Labute approximate surface area is 156 Å². The van der Waals surface area contributed by atoms with E-state index in [1.54, 1.807) is 29.6 Å².